The molecule has 1 aromatic carbocycles. The first-order valence-electron chi connectivity index (χ1n) is 3.21. The van der Waals surface area contributed by atoms with Gasteiger partial charge in [-0.3, -0.25) is 0 Å². The molecule has 0 fully saturated rings. The van der Waals surface area contributed by atoms with Crippen LogP contribution in [0.1, 0.15) is 5.56 Å². The molecule has 1 radical (unpaired) electrons. The fourth-order valence-corrected chi connectivity index (χ4v) is 1.55. The predicted octanol–water partition coefficient (Wildman–Crippen LogP) is 1.03. The Labute approximate surface area is 66.8 Å². The first-order valence-corrected chi connectivity index (χ1v) is 5.27. The highest BCUT2D eigenvalue weighted by Gasteiger charge is 2.02. The van der Waals surface area contributed by atoms with Crippen LogP contribution in [-0.4, -0.2) is 14.7 Å². The summed E-state index contributed by atoms with van der Waals surface area (Å²) in [6.07, 6.45) is 1.22. The van der Waals surface area contributed by atoms with Gasteiger partial charge in [0, 0.05) is 6.26 Å². The lowest BCUT2D eigenvalue weighted by Gasteiger charge is -1.95. The van der Waals surface area contributed by atoms with E-state index in [2.05, 4.69) is 6.07 Å². The smallest absolute Gasteiger partial charge is 0.151 e. The molecule has 1 aromatic rings. The van der Waals surface area contributed by atoms with Crippen molar-refractivity contribution < 1.29 is 8.42 Å². The minimum Gasteiger partial charge on any atom is -0.229 e. The Balaban J connectivity index is 2.82. The monoisotopic (exact) mass is 169 g/mol. The minimum atomic E-state index is -2.91. The number of hydrogen-bond donors (Lipinski definition) is 0. The van der Waals surface area contributed by atoms with Gasteiger partial charge in [0.1, 0.15) is 0 Å². The lowest BCUT2D eigenvalue weighted by molar-refractivity contribution is 0.601. The summed E-state index contributed by atoms with van der Waals surface area (Å²) in [5.74, 6) is 0.0772. The van der Waals surface area contributed by atoms with Crippen molar-refractivity contribution >= 4 is 9.84 Å². The highest BCUT2D eigenvalue weighted by molar-refractivity contribution is 7.89. The fraction of sp³-hybridized carbons (Fsp3) is 0.250. The van der Waals surface area contributed by atoms with Gasteiger partial charge in [0.25, 0.3) is 0 Å². The second-order valence-electron chi connectivity index (χ2n) is 2.46. The van der Waals surface area contributed by atoms with Gasteiger partial charge in [-0.25, -0.2) is 8.42 Å². The molecule has 0 heterocycles. The molecule has 0 amide bonds. The van der Waals surface area contributed by atoms with Crippen LogP contribution in [0.2, 0.25) is 0 Å². The maximum atomic E-state index is 10.8. The maximum Gasteiger partial charge on any atom is 0.151 e. The molecule has 2 nitrogen and oxygen atoms in total. The first-order chi connectivity index (χ1) is 5.08. The van der Waals surface area contributed by atoms with Gasteiger partial charge in [-0.1, -0.05) is 24.3 Å². The molecule has 0 unspecified atom stereocenters. The van der Waals surface area contributed by atoms with Gasteiger partial charge in [-0.2, -0.15) is 0 Å². The third-order valence-electron chi connectivity index (χ3n) is 1.19. The van der Waals surface area contributed by atoms with Crippen LogP contribution in [-0.2, 0) is 15.6 Å². The largest absolute Gasteiger partial charge is 0.229 e. The molecule has 59 valence electrons. The first kappa shape index (κ1) is 8.27. The Morgan fingerprint density at radius 2 is 2.18 bits per heavy atom. The van der Waals surface area contributed by atoms with Crippen LogP contribution in [0.3, 0.4) is 0 Å². The summed E-state index contributed by atoms with van der Waals surface area (Å²) in [6, 6.07) is 9.92. The van der Waals surface area contributed by atoms with E-state index < -0.39 is 9.84 Å². The van der Waals surface area contributed by atoms with Crippen LogP contribution in [0.25, 0.3) is 0 Å². The minimum absolute atomic E-state index is 0.0772. The van der Waals surface area contributed by atoms with E-state index in [4.69, 9.17) is 0 Å². The van der Waals surface area contributed by atoms with Gasteiger partial charge >= 0.3 is 0 Å². The van der Waals surface area contributed by atoms with E-state index in [-0.39, 0.29) is 5.75 Å². The molecule has 0 atom stereocenters. The van der Waals surface area contributed by atoms with Crippen LogP contribution < -0.4 is 0 Å². The fourth-order valence-electron chi connectivity index (χ4n) is 0.803. The number of sulfone groups is 1. The van der Waals surface area contributed by atoms with Crippen molar-refractivity contribution in [2.75, 3.05) is 6.26 Å². The summed E-state index contributed by atoms with van der Waals surface area (Å²) in [5.41, 5.74) is 0.718. The maximum absolute atomic E-state index is 10.8. The molecule has 0 saturated heterocycles. The molecule has 0 aromatic heterocycles. The normalized spacial score (nSPS) is 11.4. The van der Waals surface area contributed by atoms with Crippen molar-refractivity contribution in [3.63, 3.8) is 0 Å². The summed E-state index contributed by atoms with van der Waals surface area (Å²) in [7, 11) is -2.91. The molecule has 0 N–H and O–H groups in total. The molecule has 1 rings (SSSR count). The van der Waals surface area contributed by atoms with E-state index in [1.165, 1.54) is 6.26 Å². The number of rotatable bonds is 2. The molecular weight excluding hydrogens is 160 g/mol. The Bertz CT molecular complexity index is 313. The summed E-state index contributed by atoms with van der Waals surface area (Å²) in [6.45, 7) is 0. The molecule has 0 bridgehead atoms. The zero-order chi connectivity index (χ0) is 8.32. The molecular formula is C8H9O2S. The number of hydrogen-bond acceptors (Lipinski definition) is 2. The molecule has 0 aliphatic heterocycles. The van der Waals surface area contributed by atoms with Crippen LogP contribution in [0.15, 0.2) is 24.3 Å². The van der Waals surface area contributed by atoms with Gasteiger partial charge in [-0.15, -0.1) is 0 Å². The van der Waals surface area contributed by atoms with Gasteiger partial charge < -0.3 is 0 Å². The topological polar surface area (TPSA) is 34.1 Å². The SMILES string of the molecule is CS(=O)(=O)Cc1[c]cccc1. The second-order valence-corrected chi connectivity index (χ2v) is 4.60. The molecule has 0 spiro atoms. The van der Waals surface area contributed by atoms with Crippen molar-refractivity contribution in [3.05, 3.63) is 35.9 Å². The Morgan fingerprint density at radius 1 is 1.45 bits per heavy atom. The summed E-state index contributed by atoms with van der Waals surface area (Å²) in [5, 5.41) is 0. The third kappa shape index (κ3) is 3.18. The molecule has 11 heavy (non-hydrogen) atoms. The van der Waals surface area contributed by atoms with Gasteiger partial charge in [0.05, 0.1) is 5.75 Å². The second kappa shape index (κ2) is 3.05. The Morgan fingerprint density at radius 3 is 2.64 bits per heavy atom. The number of benzene rings is 1. The van der Waals surface area contributed by atoms with Crippen molar-refractivity contribution in [1.29, 1.82) is 0 Å². The van der Waals surface area contributed by atoms with E-state index in [1.54, 1.807) is 18.2 Å². The Kier molecular flexibility index (Phi) is 2.29. The van der Waals surface area contributed by atoms with Crippen molar-refractivity contribution in [2.45, 2.75) is 5.75 Å². The Hall–Kier alpha value is -0.830. The molecule has 0 saturated carbocycles. The van der Waals surface area contributed by atoms with Crippen LogP contribution >= 0.6 is 0 Å². The van der Waals surface area contributed by atoms with Crippen LogP contribution in [0, 0.1) is 6.07 Å². The van der Waals surface area contributed by atoms with E-state index >= 15 is 0 Å². The van der Waals surface area contributed by atoms with Crippen molar-refractivity contribution in [3.8, 4) is 0 Å². The van der Waals surface area contributed by atoms with E-state index in [9.17, 15) is 8.42 Å². The zero-order valence-electron chi connectivity index (χ0n) is 6.24. The summed E-state index contributed by atoms with van der Waals surface area (Å²) in [4.78, 5) is 0. The zero-order valence-corrected chi connectivity index (χ0v) is 7.06. The summed E-state index contributed by atoms with van der Waals surface area (Å²) >= 11 is 0. The van der Waals surface area contributed by atoms with Crippen LogP contribution in [0.5, 0.6) is 0 Å². The van der Waals surface area contributed by atoms with Crippen molar-refractivity contribution in [2.24, 2.45) is 0 Å². The lowest BCUT2D eigenvalue weighted by atomic mass is 10.2. The third-order valence-corrected chi connectivity index (χ3v) is 2.03. The highest BCUT2D eigenvalue weighted by atomic mass is 32.2. The quantitative estimate of drug-likeness (QED) is 0.662. The average molecular weight is 169 g/mol. The van der Waals surface area contributed by atoms with Gasteiger partial charge in [-0.05, 0) is 11.6 Å². The standard InChI is InChI=1S/C8H9O2S/c1-11(9,10)7-8-5-3-2-4-6-8/h2-5H,7H2,1H3. The average Bonchev–Trinajstić information content (AvgIpc) is 1.85. The lowest BCUT2D eigenvalue weighted by Crippen LogP contribution is -1.99. The summed E-state index contributed by atoms with van der Waals surface area (Å²) < 4.78 is 21.6. The highest BCUT2D eigenvalue weighted by Crippen LogP contribution is 2.02. The molecule has 0 aliphatic rings. The van der Waals surface area contributed by atoms with Crippen molar-refractivity contribution in [1.82, 2.24) is 0 Å². The van der Waals surface area contributed by atoms with E-state index in [0.29, 0.717) is 0 Å². The predicted molar refractivity (Wildman–Crippen MR) is 43.8 cm³/mol. The van der Waals surface area contributed by atoms with E-state index in [0.717, 1.165) is 5.56 Å². The van der Waals surface area contributed by atoms with E-state index in [1.807, 2.05) is 6.07 Å². The molecule has 3 heteroatoms. The molecule has 0 aliphatic carbocycles. The van der Waals surface area contributed by atoms with Crippen LogP contribution in [0.4, 0.5) is 0 Å². The van der Waals surface area contributed by atoms with Gasteiger partial charge in [0.15, 0.2) is 9.84 Å². The van der Waals surface area contributed by atoms with Gasteiger partial charge in [0.2, 0.25) is 0 Å².